The van der Waals surface area contributed by atoms with Crippen molar-refractivity contribution in [3.63, 3.8) is 0 Å². The van der Waals surface area contributed by atoms with E-state index in [-0.39, 0.29) is 18.1 Å². The zero-order chi connectivity index (χ0) is 14.7. The first-order chi connectivity index (χ1) is 9.52. The van der Waals surface area contributed by atoms with Gasteiger partial charge in [-0.25, -0.2) is 9.48 Å². The lowest BCUT2D eigenvalue weighted by Crippen LogP contribution is -2.24. The number of likely N-dealkylation sites (N-methyl/N-ethyl adjacent to an activating group) is 1. The molecule has 0 fully saturated rings. The molecule has 0 radical (unpaired) electrons. The summed E-state index contributed by atoms with van der Waals surface area (Å²) in [7, 11) is 1.50. The standard InChI is InChI=1S/C13H14N4O3/c1-8-4-3-5-9(6-8)12-11(13(19)20)15-16-17(12)7-10(18)14-2/h3-6H,7H2,1-2H3,(H,14,18)(H,19,20). The van der Waals surface area contributed by atoms with Crippen molar-refractivity contribution >= 4 is 11.9 Å². The van der Waals surface area contributed by atoms with Gasteiger partial charge in [0.05, 0.1) is 0 Å². The first-order valence-corrected chi connectivity index (χ1v) is 5.97. The van der Waals surface area contributed by atoms with Crippen LogP contribution in [-0.4, -0.2) is 39.0 Å². The van der Waals surface area contributed by atoms with Crippen LogP contribution in [0.4, 0.5) is 0 Å². The van der Waals surface area contributed by atoms with Gasteiger partial charge in [-0.3, -0.25) is 4.79 Å². The summed E-state index contributed by atoms with van der Waals surface area (Å²) in [5, 5.41) is 19.1. The molecule has 2 aromatic rings. The highest BCUT2D eigenvalue weighted by molar-refractivity contribution is 5.93. The van der Waals surface area contributed by atoms with E-state index in [2.05, 4.69) is 15.6 Å². The summed E-state index contributed by atoms with van der Waals surface area (Å²) in [6.45, 7) is 1.82. The third-order valence-electron chi connectivity index (χ3n) is 2.80. The van der Waals surface area contributed by atoms with Crippen molar-refractivity contribution in [1.82, 2.24) is 20.3 Å². The third kappa shape index (κ3) is 2.66. The fourth-order valence-corrected chi connectivity index (χ4v) is 1.86. The van der Waals surface area contributed by atoms with Gasteiger partial charge in [0.25, 0.3) is 0 Å². The molecular formula is C13H14N4O3. The van der Waals surface area contributed by atoms with Gasteiger partial charge in [-0.05, 0) is 13.0 Å². The molecule has 2 rings (SSSR count). The van der Waals surface area contributed by atoms with Gasteiger partial charge in [-0.2, -0.15) is 0 Å². The molecular weight excluding hydrogens is 260 g/mol. The highest BCUT2D eigenvalue weighted by atomic mass is 16.4. The number of carbonyl (C=O) groups excluding carboxylic acids is 1. The lowest BCUT2D eigenvalue weighted by Gasteiger charge is -2.07. The van der Waals surface area contributed by atoms with Crippen molar-refractivity contribution in [2.24, 2.45) is 0 Å². The Morgan fingerprint density at radius 1 is 1.40 bits per heavy atom. The van der Waals surface area contributed by atoms with E-state index in [1.165, 1.54) is 11.7 Å². The van der Waals surface area contributed by atoms with Crippen molar-refractivity contribution in [3.05, 3.63) is 35.5 Å². The van der Waals surface area contributed by atoms with E-state index < -0.39 is 5.97 Å². The Bertz CT molecular complexity index is 663. The van der Waals surface area contributed by atoms with Gasteiger partial charge in [0, 0.05) is 12.6 Å². The molecule has 0 aliphatic heterocycles. The molecule has 0 bridgehead atoms. The van der Waals surface area contributed by atoms with Gasteiger partial charge in [0.2, 0.25) is 5.91 Å². The van der Waals surface area contributed by atoms with Gasteiger partial charge in [0.15, 0.2) is 5.69 Å². The van der Waals surface area contributed by atoms with Gasteiger partial charge in [-0.1, -0.05) is 29.0 Å². The van der Waals surface area contributed by atoms with Crippen LogP contribution in [0.15, 0.2) is 24.3 Å². The Kier molecular flexibility index (Phi) is 3.79. The number of carboxylic acids is 1. The van der Waals surface area contributed by atoms with Crippen LogP contribution in [0, 0.1) is 6.92 Å². The van der Waals surface area contributed by atoms with Gasteiger partial charge in [-0.15, -0.1) is 5.10 Å². The monoisotopic (exact) mass is 274 g/mol. The molecule has 1 aromatic carbocycles. The van der Waals surface area contributed by atoms with Crippen molar-refractivity contribution < 1.29 is 14.7 Å². The molecule has 0 saturated heterocycles. The second-order valence-corrected chi connectivity index (χ2v) is 4.29. The molecule has 0 saturated carbocycles. The predicted molar refractivity (Wildman–Crippen MR) is 71.2 cm³/mol. The second-order valence-electron chi connectivity index (χ2n) is 4.29. The van der Waals surface area contributed by atoms with E-state index in [1.807, 2.05) is 25.1 Å². The van der Waals surface area contributed by atoms with Crippen LogP contribution >= 0.6 is 0 Å². The lowest BCUT2D eigenvalue weighted by atomic mass is 10.1. The summed E-state index contributed by atoms with van der Waals surface area (Å²) in [6, 6.07) is 7.30. The Morgan fingerprint density at radius 2 is 2.15 bits per heavy atom. The number of benzene rings is 1. The van der Waals surface area contributed by atoms with E-state index in [0.717, 1.165) is 5.56 Å². The van der Waals surface area contributed by atoms with Crippen molar-refractivity contribution in [2.75, 3.05) is 7.05 Å². The number of rotatable bonds is 4. The Hall–Kier alpha value is -2.70. The maximum Gasteiger partial charge on any atom is 0.358 e. The first-order valence-electron chi connectivity index (χ1n) is 5.97. The molecule has 0 atom stereocenters. The quantitative estimate of drug-likeness (QED) is 0.855. The molecule has 0 aliphatic carbocycles. The largest absolute Gasteiger partial charge is 0.476 e. The number of aromatic nitrogens is 3. The maximum absolute atomic E-state index is 11.5. The van der Waals surface area contributed by atoms with Crippen LogP contribution in [0.1, 0.15) is 16.1 Å². The molecule has 1 aromatic heterocycles. The fraction of sp³-hybridized carbons (Fsp3) is 0.231. The summed E-state index contributed by atoms with van der Waals surface area (Å²) in [5.74, 6) is -1.45. The summed E-state index contributed by atoms with van der Waals surface area (Å²) in [5.41, 5.74) is 1.80. The smallest absolute Gasteiger partial charge is 0.358 e. The molecule has 1 heterocycles. The summed E-state index contributed by atoms with van der Waals surface area (Å²) < 4.78 is 1.29. The molecule has 0 unspecified atom stereocenters. The number of carboxylic acid groups (broad SMARTS) is 1. The molecule has 0 aliphatic rings. The van der Waals surface area contributed by atoms with Crippen molar-refractivity contribution in [1.29, 1.82) is 0 Å². The summed E-state index contributed by atoms with van der Waals surface area (Å²) in [6.07, 6.45) is 0. The second kappa shape index (κ2) is 5.52. The van der Waals surface area contributed by atoms with E-state index in [0.29, 0.717) is 11.3 Å². The minimum absolute atomic E-state index is 0.0833. The molecule has 2 N–H and O–H groups in total. The van der Waals surface area contributed by atoms with E-state index in [9.17, 15) is 14.7 Å². The fourth-order valence-electron chi connectivity index (χ4n) is 1.86. The Balaban J connectivity index is 2.55. The first kappa shape index (κ1) is 13.7. The number of aryl methyl sites for hydroxylation is 1. The minimum atomic E-state index is -1.18. The molecule has 7 heteroatoms. The lowest BCUT2D eigenvalue weighted by molar-refractivity contribution is -0.121. The minimum Gasteiger partial charge on any atom is -0.476 e. The summed E-state index contributed by atoms with van der Waals surface area (Å²) in [4.78, 5) is 22.7. The van der Waals surface area contributed by atoms with Crippen molar-refractivity contribution in [2.45, 2.75) is 13.5 Å². The van der Waals surface area contributed by atoms with Crippen LogP contribution in [0.25, 0.3) is 11.3 Å². The van der Waals surface area contributed by atoms with Gasteiger partial charge >= 0.3 is 5.97 Å². The number of hydrogen-bond donors (Lipinski definition) is 2. The maximum atomic E-state index is 11.5. The van der Waals surface area contributed by atoms with Crippen LogP contribution in [0.3, 0.4) is 0 Å². The Labute approximate surface area is 115 Å². The number of hydrogen-bond acceptors (Lipinski definition) is 4. The van der Waals surface area contributed by atoms with Gasteiger partial charge < -0.3 is 10.4 Å². The average molecular weight is 274 g/mol. The normalized spacial score (nSPS) is 10.3. The zero-order valence-corrected chi connectivity index (χ0v) is 11.1. The zero-order valence-electron chi connectivity index (χ0n) is 11.1. The predicted octanol–water partition coefficient (Wildman–Crippen LogP) is 0.698. The van der Waals surface area contributed by atoms with E-state index in [4.69, 9.17) is 0 Å². The van der Waals surface area contributed by atoms with E-state index >= 15 is 0 Å². The van der Waals surface area contributed by atoms with Crippen LogP contribution in [0.5, 0.6) is 0 Å². The summed E-state index contributed by atoms with van der Waals surface area (Å²) >= 11 is 0. The number of aromatic carboxylic acids is 1. The van der Waals surface area contributed by atoms with Crippen LogP contribution in [0.2, 0.25) is 0 Å². The molecule has 1 amide bonds. The molecule has 20 heavy (non-hydrogen) atoms. The van der Waals surface area contributed by atoms with Crippen LogP contribution < -0.4 is 5.32 Å². The molecule has 104 valence electrons. The highest BCUT2D eigenvalue weighted by Crippen LogP contribution is 2.23. The number of nitrogens with zero attached hydrogens (tertiary/aromatic N) is 3. The number of amides is 1. The molecule has 0 spiro atoms. The van der Waals surface area contributed by atoms with Crippen molar-refractivity contribution in [3.8, 4) is 11.3 Å². The average Bonchev–Trinajstić information content (AvgIpc) is 2.82. The van der Waals surface area contributed by atoms with Crippen LogP contribution in [-0.2, 0) is 11.3 Å². The highest BCUT2D eigenvalue weighted by Gasteiger charge is 2.21. The van der Waals surface area contributed by atoms with Gasteiger partial charge in [0.1, 0.15) is 12.2 Å². The molecule has 7 nitrogen and oxygen atoms in total. The Morgan fingerprint density at radius 3 is 2.75 bits per heavy atom. The number of nitrogens with one attached hydrogen (secondary N) is 1. The van der Waals surface area contributed by atoms with E-state index in [1.54, 1.807) is 6.07 Å². The number of carbonyl (C=O) groups is 2. The SMILES string of the molecule is CNC(=O)Cn1nnc(C(=O)O)c1-c1cccc(C)c1. The third-order valence-corrected chi connectivity index (χ3v) is 2.80. The topological polar surface area (TPSA) is 97.1 Å².